The molecule has 6 heteroatoms. The molecule has 1 aromatic heterocycles. The number of rotatable bonds is 5. The maximum absolute atomic E-state index is 12.9. The molecule has 0 bridgehead atoms. The molecule has 1 fully saturated rings. The van der Waals surface area contributed by atoms with Gasteiger partial charge < -0.3 is 9.64 Å². The van der Waals surface area contributed by atoms with Gasteiger partial charge in [0.25, 0.3) is 0 Å². The van der Waals surface area contributed by atoms with Crippen LogP contribution in [0.5, 0.6) is 5.75 Å². The van der Waals surface area contributed by atoms with Crippen LogP contribution >= 0.6 is 0 Å². The Kier molecular flexibility index (Phi) is 5.08. The number of amides is 1. The Labute approximate surface area is 148 Å². The maximum atomic E-state index is 12.9. The number of piperidine rings is 1. The summed E-state index contributed by atoms with van der Waals surface area (Å²) in [5.74, 6) is 0.954. The van der Waals surface area contributed by atoms with Gasteiger partial charge in [0.2, 0.25) is 5.91 Å². The third kappa shape index (κ3) is 3.69. The molecule has 1 aliphatic rings. The van der Waals surface area contributed by atoms with E-state index in [0.717, 1.165) is 36.4 Å². The Balaban J connectivity index is 1.76. The van der Waals surface area contributed by atoms with Crippen LogP contribution in [0.25, 0.3) is 0 Å². The first kappa shape index (κ1) is 17.5. The summed E-state index contributed by atoms with van der Waals surface area (Å²) in [6.45, 7) is 4.88. The second kappa shape index (κ2) is 7.27. The highest BCUT2D eigenvalue weighted by Gasteiger charge is 2.31. The first-order chi connectivity index (χ1) is 12.0. The molecule has 1 N–H and O–H groups in total. The summed E-state index contributed by atoms with van der Waals surface area (Å²) < 4.78 is 7.21. The summed E-state index contributed by atoms with van der Waals surface area (Å²) in [7, 11) is 3.54. The predicted octanol–water partition coefficient (Wildman–Crippen LogP) is 2.58. The number of benzene rings is 1. The van der Waals surface area contributed by atoms with Gasteiger partial charge >= 0.3 is 0 Å². The highest BCUT2D eigenvalue weighted by Crippen LogP contribution is 2.28. The summed E-state index contributed by atoms with van der Waals surface area (Å²) in [5, 5.41) is 7.67. The summed E-state index contributed by atoms with van der Waals surface area (Å²) in [5.41, 5.74) is 3.12. The van der Waals surface area contributed by atoms with Crippen LogP contribution in [0.4, 0.5) is 5.69 Å². The summed E-state index contributed by atoms with van der Waals surface area (Å²) >= 11 is 0. The second-order valence-electron chi connectivity index (χ2n) is 6.69. The van der Waals surface area contributed by atoms with Crippen molar-refractivity contribution in [2.45, 2.75) is 38.8 Å². The largest absolute Gasteiger partial charge is 0.496 e. The number of nitrogens with one attached hydrogen (secondary N) is 1. The van der Waals surface area contributed by atoms with Crippen LogP contribution in [0.3, 0.4) is 0 Å². The lowest BCUT2D eigenvalue weighted by Gasteiger charge is -2.33. The standard InChI is InChI=1S/C19H26N4O2/c1-13-7-8-18(25-4)16(10-13)14(2)21-17-6-5-9-23(19(17)24)15-11-20-22(3)12-15/h7-8,10-12,14,17,21H,5-6,9H2,1-4H3/t14-,17+/m1/s1. The van der Waals surface area contributed by atoms with Crippen molar-refractivity contribution in [2.75, 3.05) is 18.6 Å². The Bertz CT molecular complexity index is 756. The average Bonchev–Trinajstić information content (AvgIpc) is 3.03. The fraction of sp³-hybridized carbons (Fsp3) is 0.474. The third-order valence-electron chi connectivity index (χ3n) is 4.74. The fourth-order valence-corrected chi connectivity index (χ4v) is 3.42. The molecule has 3 rings (SSSR count). The van der Waals surface area contributed by atoms with Crippen LogP contribution in [0.2, 0.25) is 0 Å². The Hall–Kier alpha value is -2.34. The molecule has 0 radical (unpaired) electrons. The summed E-state index contributed by atoms with van der Waals surface area (Å²) in [6.07, 6.45) is 5.44. The van der Waals surface area contributed by atoms with Gasteiger partial charge in [0.05, 0.1) is 25.0 Å². The molecule has 2 aromatic rings. The summed E-state index contributed by atoms with van der Waals surface area (Å²) in [6, 6.07) is 5.95. The van der Waals surface area contributed by atoms with Crippen LogP contribution < -0.4 is 15.0 Å². The van der Waals surface area contributed by atoms with Crippen LogP contribution in [0, 0.1) is 6.92 Å². The number of methoxy groups -OCH3 is 1. The number of aryl methyl sites for hydroxylation is 2. The van der Waals surface area contributed by atoms with Gasteiger partial charge in [-0.2, -0.15) is 5.10 Å². The molecule has 134 valence electrons. The van der Waals surface area contributed by atoms with Crippen molar-refractivity contribution in [2.24, 2.45) is 7.05 Å². The lowest BCUT2D eigenvalue weighted by atomic mass is 9.99. The quantitative estimate of drug-likeness (QED) is 0.907. The predicted molar refractivity (Wildman–Crippen MR) is 97.9 cm³/mol. The number of hydrogen-bond donors (Lipinski definition) is 1. The van der Waals surface area contributed by atoms with Gasteiger partial charge in [-0.05, 0) is 32.8 Å². The Morgan fingerprint density at radius 2 is 2.20 bits per heavy atom. The van der Waals surface area contributed by atoms with Gasteiger partial charge in [0, 0.05) is 31.4 Å². The van der Waals surface area contributed by atoms with Crippen LogP contribution in [-0.4, -0.2) is 35.4 Å². The summed E-state index contributed by atoms with van der Waals surface area (Å²) in [4.78, 5) is 14.7. The van der Waals surface area contributed by atoms with E-state index in [2.05, 4.69) is 30.3 Å². The third-order valence-corrected chi connectivity index (χ3v) is 4.74. The topological polar surface area (TPSA) is 59.4 Å². The van der Waals surface area contributed by atoms with Crippen molar-refractivity contribution in [3.05, 3.63) is 41.7 Å². The van der Waals surface area contributed by atoms with Crippen LogP contribution in [0.15, 0.2) is 30.6 Å². The average molecular weight is 342 g/mol. The Morgan fingerprint density at radius 1 is 1.40 bits per heavy atom. The highest BCUT2D eigenvalue weighted by atomic mass is 16.5. The molecule has 2 atom stereocenters. The van der Waals surface area contributed by atoms with E-state index < -0.39 is 0 Å². The molecule has 1 amide bonds. The van der Waals surface area contributed by atoms with Crippen molar-refractivity contribution in [3.63, 3.8) is 0 Å². The minimum absolute atomic E-state index is 0.0256. The molecular weight excluding hydrogens is 316 g/mol. The Morgan fingerprint density at radius 3 is 2.88 bits per heavy atom. The zero-order valence-corrected chi connectivity index (χ0v) is 15.3. The number of hydrogen-bond acceptors (Lipinski definition) is 4. The van der Waals surface area contributed by atoms with Gasteiger partial charge in [0.15, 0.2) is 0 Å². The number of anilines is 1. The zero-order valence-electron chi connectivity index (χ0n) is 15.3. The zero-order chi connectivity index (χ0) is 18.0. The normalized spacial score (nSPS) is 19.1. The highest BCUT2D eigenvalue weighted by molar-refractivity contribution is 5.97. The SMILES string of the molecule is COc1ccc(C)cc1[C@@H](C)N[C@H]1CCCN(c2cnn(C)c2)C1=O. The molecule has 0 spiro atoms. The number of aromatic nitrogens is 2. The monoisotopic (exact) mass is 342 g/mol. The minimum Gasteiger partial charge on any atom is -0.496 e. The lowest BCUT2D eigenvalue weighted by molar-refractivity contribution is -0.122. The maximum Gasteiger partial charge on any atom is 0.244 e. The van der Waals surface area contributed by atoms with E-state index in [1.54, 1.807) is 18.0 Å². The van der Waals surface area contributed by atoms with Crippen molar-refractivity contribution >= 4 is 11.6 Å². The molecule has 1 saturated heterocycles. The van der Waals surface area contributed by atoms with Gasteiger partial charge in [-0.1, -0.05) is 17.7 Å². The van der Waals surface area contributed by atoms with Crippen molar-refractivity contribution < 1.29 is 9.53 Å². The minimum atomic E-state index is -0.200. The molecule has 1 aliphatic heterocycles. The number of carbonyl (C=O) groups excluding carboxylic acids is 1. The molecule has 2 heterocycles. The van der Waals surface area contributed by atoms with E-state index in [1.807, 2.05) is 30.3 Å². The van der Waals surface area contributed by atoms with E-state index in [4.69, 9.17) is 4.74 Å². The van der Waals surface area contributed by atoms with Gasteiger partial charge in [-0.3, -0.25) is 14.8 Å². The van der Waals surface area contributed by atoms with Gasteiger partial charge in [0.1, 0.15) is 5.75 Å². The smallest absolute Gasteiger partial charge is 0.244 e. The fourth-order valence-electron chi connectivity index (χ4n) is 3.42. The molecule has 25 heavy (non-hydrogen) atoms. The molecule has 0 saturated carbocycles. The van der Waals surface area contributed by atoms with Crippen LogP contribution in [-0.2, 0) is 11.8 Å². The first-order valence-electron chi connectivity index (χ1n) is 8.70. The lowest BCUT2D eigenvalue weighted by Crippen LogP contribution is -2.51. The molecule has 0 aliphatic carbocycles. The molecule has 1 aromatic carbocycles. The van der Waals surface area contributed by atoms with Crippen molar-refractivity contribution in [3.8, 4) is 5.75 Å². The molecule has 0 unspecified atom stereocenters. The number of ether oxygens (including phenoxy) is 1. The van der Waals surface area contributed by atoms with E-state index >= 15 is 0 Å². The second-order valence-corrected chi connectivity index (χ2v) is 6.69. The molecule has 6 nitrogen and oxygen atoms in total. The van der Waals surface area contributed by atoms with E-state index in [-0.39, 0.29) is 18.0 Å². The van der Waals surface area contributed by atoms with Crippen molar-refractivity contribution in [1.82, 2.24) is 15.1 Å². The van der Waals surface area contributed by atoms with E-state index in [0.29, 0.717) is 0 Å². The van der Waals surface area contributed by atoms with Gasteiger partial charge in [-0.25, -0.2) is 0 Å². The number of nitrogens with zero attached hydrogens (tertiary/aromatic N) is 3. The van der Waals surface area contributed by atoms with E-state index in [1.165, 1.54) is 5.56 Å². The molecular formula is C19H26N4O2. The van der Waals surface area contributed by atoms with Gasteiger partial charge in [-0.15, -0.1) is 0 Å². The van der Waals surface area contributed by atoms with Crippen LogP contribution in [0.1, 0.15) is 36.9 Å². The first-order valence-corrected chi connectivity index (χ1v) is 8.70. The number of carbonyl (C=O) groups is 1. The van der Waals surface area contributed by atoms with E-state index in [9.17, 15) is 4.79 Å². The van der Waals surface area contributed by atoms with Crippen molar-refractivity contribution in [1.29, 1.82) is 0 Å².